The van der Waals surface area contributed by atoms with E-state index in [0.29, 0.717) is 5.09 Å². The summed E-state index contributed by atoms with van der Waals surface area (Å²) in [7, 11) is 0. The number of hydrogen-bond acceptors (Lipinski definition) is 3. The Kier molecular flexibility index (Phi) is 3.01. The van der Waals surface area contributed by atoms with Crippen LogP contribution in [0.1, 0.15) is 10.4 Å². The highest BCUT2D eigenvalue weighted by Crippen LogP contribution is 2.35. The van der Waals surface area contributed by atoms with Crippen molar-refractivity contribution in [1.82, 2.24) is 0 Å². The molecule has 3 nitrogen and oxygen atoms in total. The molecule has 1 aromatic heterocycles. The van der Waals surface area contributed by atoms with Crippen LogP contribution >= 0.6 is 11.8 Å². The van der Waals surface area contributed by atoms with Gasteiger partial charge in [-0.15, -0.1) is 0 Å². The fraction of sp³-hybridized carbons (Fsp3) is 0. The molecule has 1 N–H and O–H groups in total. The average Bonchev–Trinajstić information content (AvgIpc) is 2.87. The Labute approximate surface area is 113 Å². The summed E-state index contributed by atoms with van der Waals surface area (Å²) in [6, 6.07) is 15.4. The van der Waals surface area contributed by atoms with Crippen molar-refractivity contribution in [3.63, 3.8) is 0 Å². The van der Waals surface area contributed by atoms with Gasteiger partial charge in [0.25, 0.3) is 0 Å². The maximum atomic E-state index is 11.1. The number of carboxylic acids is 1. The summed E-state index contributed by atoms with van der Waals surface area (Å²) in [4.78, 5) is 12.0. The Morgan fingerprint density at radius 3 is 2.68 bits per heavy atom. The van der Waals surface area contributed by atoms with Crippen molar-refractivity contribution < 1.29 is 14.3 Å². The number of carboxylic acid groups (broad SMARTS) is 1. The lowest BCUT2D eigenvalue weighted by Crippen LogP contribution is -1.94. The Bertz CT molecular complexity index is 740. The summed E-state index contributed by atoms with van der Waals surface area (Å²) in [6.45, 7) is 0. The summed E-state index contributed by atoms with van der Waals surface area (Å²) in [5, 5.41) is 11.7. The molecule has 0 fully saturated rings. The van der Waals surface area contributed by atoms with Crippen LogP contribution in [0.4, 0.5) is 0 Å². The van der Waals surface area contributed by atoms with E-state index in [2.05, 4.69) is 0 Å². The molecule has 19 heavy (non-hydrogen) atoms. The molecule has 0 aliphatic heterocycles. The van der Waals surface area contributed by atoms with Crippen molar-refractivity contribution in [2.75, 3.05) is 0 Å². The minimum absolute atomic E-state index is 0.193. The standard InChI is InChI=1S/C15H10O3S/c16-14(17)12-8-9-18-15(12)19-13-7-3-5-10-4-1-2-6-11(10)13/h1-9H,(H,16,17). The molecule has 0 saturated heterocycles. The molecule has 2 aromatic carbocycles. The van der Waals surface area contributed by atoms with E-state index in [0.717, 1.165) is 15.7 Å². The van der Waals surface area contributed by atoms with Crippen LogP contribution in [0.25, 0.3) is 10.8 Å². The van der Waals surface area contributed by atoms with Gasteiger partial charge in [-0.25, -0.2) is 4.79 Å². The van der Waals surface area contributed by atoms with Crippen molar-refractivity contribution in [1.29, 1.82) is 0 Å². The fourth-order valence-corrected chi connectivity index (χ4v) is 2.93. The minimum Gasteiger partial charge on any atom is -0.478 e. The van der Waals surface area contributed by atoms with Gasteiger partial charge in [0.2, 0.25) is 0 Å². The third-order valence-corrected chi connectivity index (χ3v) is 3.89. The molecule has 0 atom stereocenters. The fourth-order valence-electron chi connectivity index (χ4n) is 1.92. The lowest BCUT2D eigenvalue weighted by Gasteiger charge is -2.04. The lowest BCUT2D eigenvalue weighted by atomic mass is 10.1. The molecule has 0 amide bonds. The van der Waals surface area contributed by atoms with Gasteiger partial charge in [0, 0.05) is 4.90 Å². The average molecular weight is 270 g/mol. The highest BCUT2D eigenvalue weighted by Gasteiger charge is 2.15. The van der Waals surface area contributed by atoms with Crippen LogP contribution in [0.15, 0.2) is 69.2 Å². The van der Waals surface area contributed by atoms with E-state index >= 15 is 0 Å². The van der Waals surface area contributed by atoms with Gasteiger partial charge >= 0.3 is 5.97 Å². The van der Waals surface area contributed by atoms with Crippen molar-refractivity contribution >= 4 is 28.5 Å². The number of aromatic carboxylic acids is 1. The first-order valence-corrected chi connectivity index (χ1v) is 6.54. The molecule has 3 rings (SSSR count). The maximum absolute atomic E-state index is 11.1. The number of hydrogen-bond donors (Lipinski definition) is 1. The molecule has 0 bridgehead atoms. The molecule has 0 radical (unpaired) electrons. The third kappa shape index (κ3) is 2.22. The smallest absolute Gasteiger partial charge is 0.340 e. The van der Waals surface area contributed by atoms with Crippen molar-refractivity contribution in [2.24, 2.45) is 0 Å². The number of rotatable bonds is 3. The molecule has 0 aliphatic rings. The lowest BCUT2D eigenvalue weighted by molar-refractivity contribution is 0.0690. The van der Waals surface area contributed by atoms with Crippen LogP contribution in [0.2, 0.25) is 0 Å². The summed E-state index contributed by atoms with van der Waals surface area (Å²) in [5.41, 5.74) is 0.193. The monoisotopic (exact) mass is 270 g/mol. The van der Waals surface area contributed by atoms with Gasteiger partial charge in [-0.3, -0.25) is 0 Å². The highest BCUT2D eigenvalue weighted by atomic mass is 32.2. The van der Waals surface area contributed by atoms with Crippen LogP contribution in [-0.4, -0.2) is 11.1 Å². The first-order chi connectivity index (χ1) is 9.25. The molecule has 1 heterocycles. The van der Waals surface area contributed by atoms with Gasteiger partial charge in [0.05, 0.1) is 6.26 Å². The molecule has 0 spiro atoms. The molecule has 0 aliphatic carbocycles. The predicted molar refractivity (Wildman–Crippen MR) is 73.7 cm³/mol. The Morgan fingerprint density at radius 1 is 1.05 bits per heavy atom. The molecular formula is C15H10O3S. The second-order valence-corrected chi connectivity index (χ2v) is 5.02. The van der Waals surface area contributed by atoms with E-state index in [1.807, 2.05) is 42.5 Å². The van der Waals surface area contributed by atoms with E-state index in [9.17, 15) is 4.79 Å². The number of carbonyl (C=O) groups is 1. The molecule has 3 aromatic rings. The highest BCUT2D eigenvalue weighted by molar-refractivity contribution is 7.99. The van der Waals surface area contributed by atoms with E-state index in [1.165, 1.54) is 24.1 Å². The maximum Gasteiger partial charge on any atom is 0.340 e. The summed E-state index contributed by atoms with van der Waals surface area (Å²) >= 11 is 1.33. The van der Waals surface area contributed by atoms with Gasteiger partial charge in [0.15, 0.2) is 5.09 Å². The van der Waals surface area contributed by atoms with E-state index in [-0.39, 0.29) is 5.56 Å². The van der Waals surface area contributed by atoms with Crippen LogP contribution < -0.4 is 0 Å². The van der Waals surface area contributed by atoms with Crippen molar-refractivity contribution in [3.8, 4) is 0 Å². The molecule has 0 saturated carbocycles. The van der Waals surface area contributed by atoms with Gasteiger partial charge in [0.1, 0.15) is 5.56 Å². The van der Waals surface area contributed by atoms with Gasteiger partial charge in [-0.1, -0.05) is 48.2 Å². The first kappa shape index (κ1) is 11.9. The quantitative estimate of drug-likeness (QED) is 0.771. The SMILES string of the molecule is O=C(O)c1ccoc1Sc1cccc2ccccc12. The van der Waals surface area contributed by atoms with Crippen molar-refractivity contribution in [2.45, 2.75) is 9.99 Å². The normalized spacial score (nSPS) is 10.7. The van der Waals surface area contributed by atoms with Crippen LogP contribution in [0.5, 0.6) is 0 Å². The Balaban J connectivity index is 2.06. The largest absolute Gasteiger partial charge is 0.478 e. The summed E-state index contributed by atoms with van der Waals surface area (Å²) in [5.74, 6) is -0.975. The first-order valence-electron chi connectivity index (χ1n) is 5.72. The number of furan rings is 1. The second kappa shape index (κ2) is 4.82. The number of benzene rings is 2. The predicted octanol–water partition coefficient (Wildman–Crippen LogP) is 4.28. The van der Waals surface area contributed by atoms with E-state index in [4.69, 9.17) is 9.52 Å². The zero-order valence-electron chi connectivity index (χ0n) is 9.87. The van der Waals surface area contributed by atoms with Crippen LogP contribution in [0, 0.1) is 0 Å². The molecule has 94 valence electrons. The third-order valence-electron chi connectivity index (χ3n) is 2.81. The second-order valence-electron chi connectivity index (χ2n) is 4.01. The zero-order valence-corrected chi connectivity index (χ0v) is 10.7. The van der Waals surface area contributed by atoms with Gasteiger partial charge in [-0.2, -0.15) is 0 Å². The Morgan fingerprint density at radius 2 is 1.84 bits per heavy atom. The Hall–Kier alpha value is -2.20. The van der Waals surface area contributed by atoms with Crippen molar-refractivity contribution in [3.05, 3.63) is 60.4 Å². The van der Waals surface area contributed by atoms with Crippen LogP contribution in [0.3, 0.4) is 0 Å². The zero-order chi connectivity index (χ0) is 13.2. The summed E-state index contributed by atoms with van der Waals surface area (Å²) in [6.07, 6.45) is 1.40. The molecular weight excluding hydrogens is 260 g/mol. The number of fused-ring (bicyclic) bond motifs is 1. The molecule has 0 unspecified atom stereocenters. The van der Waals surface area contributed by atoms with Gasteiger partial charge < -0.3 is 9.52 Å². The molecule has 4 heteroatoms. The summed E-state index contributed by atoms with van der Waals surface area (Å²) < 4.78 is 5.26. The van der Waals surface area contributed by atoms with E-state index < -0.39 is 5.97 Å². The van der Waals surface area contributed by atoms with Gasteiger partial charge in [-0.05, 0) is 22.9 Å². The van der Waals surface area contributed by atoms with E-state index in [1.54, 1.807) is 0 Å². The van der Waals surface area contributed by atoms with Crippen LogP contribution in [-0.2, 0) is 0 Å². The topological polar surface area (TPSA) is 50.4 Å². The minimum atomic E-state index is -0.975.